The van der Waals surface area contributed by atoms with Gasteiger partial charge in [0, 0.05) is 37.8 Å². The number of thiophene rings is 1. The lowest BCUT2D eigenvalue weighted by Gasteiger charge is -2.01. The Labute approximate surface area is 121 Å². The molecule has 3 heteroatoms. The zero-order chi connectivity index (χ0) is 13.7. The quantitative estimate of drug-likeness (QED) is 0.518. The summed E-state index contributed by atoms with van der Waals surface area (Å²) in [6, 6.07) is 12.7. The van der Waals surface area contributed by atoms with Crippen molar-refractivity contribution in [3.8, 4) is 11.3 Å². The summed E-state index contributed by atoms with van der Waals surface area (Å²) >= 11 is 1.83. The normalized spacial score (nSPS) is 11.5. The topological polar surface area (TPSA) is 28.7 Å². The highest BCUT2D eigenvalue weighted by Gasteiger charge is 2.13. The molecule has 0 radical (unpaired) electrons. The number of benzene rings is 1. The number of hydrogen-bond acceptors (Lipinski definition) is 2. The molecule has 4 aromatic rings. The molecule has 0 saturated heterocycles. The van der Waals surface area contributed by atoms with Crippen LogP contribution in [0.2, 0.25) is 0 Å². The predicted molar refractivity (Wildman–Crippen MR) is 86.4 cm³/mol. The molecule has 20 heavy (non-hydrogen) atoms. The summed E-state index contributed by atoms with van der Waals surface area (Å²) < 4.78 is 0. The SMILES string of the molecule is Cc1cc(-c2nccc3c2[nH]c2ccccc23)c(C)s1. The number of aryl methyl sites for hydroxylation is 2. The Morgan fingerprint density at radius 1 is 1.05 bits per heavy atom. The molecule has 0 spiro atoms. The van der Waals surface area contributed by atoms with Crippen LogP contribution in [0.1, 0.15) is 9.75 Å². The minimum Gasteiger partial charge on any atom is -0.353 e. The van der Waals surface area contributed by atoms with Gasteiger partial charge < -0.3 is 4.98 Å². The van der Waals surface area contributed by atoms with E-state index >= 15 is 0 Å². The van der Waals surface area contributed by atoms with Crippen molar-refractivity contribution >= 4 is 33.1 Å². The maximum Gasteiger partial charge on any atom is 0.0954 e. The molecule has 0 bridgehead atoms. The molecule has 0 aliphatic rings. The monoisotopic (exact) mass is 278 g/mol. The minimum atomic E-state index is 1.06. The lowest BCUT2D eigenvalue weighted by molar-refractivity contribution is 1.34. The second-order valence-electron chi connectivity index (χ2n) is 5.08. The van der Waals surface area contributed by atoms with Crippen LogP contribution in [0.3, 0.4) is 0 Å². The summed E-state index contributed by atoms with van der Waals surface area (Å²) in [5.74, 6) is 0. The van der Waals surface area contributed by atoms with Crippen LogP contribution in [0.5, 0.6) is 0 Å². The van der Waals surface area contributed by atoms with Gasteiger partial charge in [0.2, 0.25) is 0 Å². The first kappa shape index (κ1) is 11.7. The van der Waals surface area contributed by atoms with Crippen molar-refractivity contribution in [3.05, 3.63) is 52.3 Å². The third kappa shape index (κ3) is 1.60. The zero-order valence-corrected chi connectivity index (χ0v) is 12.2. The molecule has 3 aromatic heterocycles. The van der Waals surface area contributed by atoms with Crippen LogP contribution in [0, 0.1) is 13.8 Å². The first-order chi connectivity index (χ1) is 9.74. The minimum absolute atomic E-state index is 1.06. The second kappa shape index (κ2) is 4.18. The summed E-state index contributed by atoms with van der Waals surface area (Å²) in [4.78, 5) is 10.8. The molecule has 3 heterocycles. The van der Waals surface area contributed by atoms with E-state index in [2.05, 4.69) is 60.2 Å². The molecule has 2 nitrogen and oxygen atoms in total. The van der Waals surface area contributed by atoms with Crippen molar-refractivity contribution < 1.29 is 0 Å². The van der Waals surface area contributed by atoms with Gasteiger partial charge in [0.15, 0.2) is 0 Å². The number of nitrogens with zero attached hydrogens (tertiary/aromatic N) is 1. The summed E-state index contributed by atoms with van der Waals surface area (Å²) in [7, 11) is 0. The Morgan fingerprint density at radius 3 is 2.70 bits per heavy atom. The van der Waals surface area contributed by atoms with Gasteiger partial charge in [-0.05, 0) is 32.0 Å². The highest BCUT2D eigenvalue weighted by atomic mass is 32.1. The van der Waals surface area contributed by atoms with Gasteiger partial charge in [-0.25, -0.2) is 0 Å². The Kier molecular flexibility index (Phi) is 2.44. The van der Waals surface area contributed by atoms with E-state index in [0.29, 0.717) is 0 Å². The van der Waals surface area contributed by atoms with Gasteiger partial charge in [-0.2, -0.15) is 0 Å². The summed E-state index contributed by atoms with van der Waals surface area (Å²) in [6.45, 7) is 4.31. The van der Waals surface area contributed by atoms with Crippen molar-refractivity contribution in [2.75, 3.05) is 0 Å². The second-order valence-corrected chi connectivity index (χ2v) is 6.54. The fraction of sp³-hybridized carbons (Fsp3) is 0.118. The number of aromatic nitrogens is 2. The number of para-hydroxylation sites is 1. The van der Waals surface area contributed by atoms with E-state index in [1.54, 1.807) is 0 Å². The Hall–Kier alpha value is -2.13. The van der Waals surface area contributed by atoms with Crippen LogP contribution in [0.25, 0.3) is 33.1 Å². The lowest BCUT2D eigenvalue weighted by atomic mass is 10.1. The maximum absolute atomic E-state index is 4.62. The molecule has 0 aliphatic heterocycles. The smallest absolute Gasteiger partial charge is 0.0954 e. The number of nitrogens with one attached hydrogen (secondary N) is 1. The standard InChI is InChI=1S/C17H14N2S/c1-10-9-14(11(2)20-10)16-17-13(7-8-18-16)12-5-3-4-6-15(12)19-17/h3-9,19H,1-2H3. The van der Waals surface area contributed by atoms with Crippen molar-refractivity contribution in [1.29, 1.82) is 0 Å². The summed E-state index contributed by atoms with van der Waals surface area (Å²) in [5.41, 5.74) is 4.60. The van der Waals surface area contributed by atoms with Crippen LogP contribution in [-0.4, -0.2) is 9.97 Å². The van der Waals surface area contributed by atoms with Gasteiger partial charge in [0.1, 0.15) is 0 Å². The Balaban J connectivity index is 2.12. The van der Waals surface area contributed by atoms with Crippen molar-refractivity contribution in [2.45, 2.75) is 13.8 Å². The number of aromatic amines is 1. The van der Waals surface area contributed by atoms with Crippen molar-refractivity contribution in [2.24, 2.45) is 0 Å². The fourth-order valence-corrected chi connectivity index (χ4v) is 3.77. The molecule has 1 aromatic carbocycles. The molecule has 0 aliphatic carbocycles. The fourth-order valence-electron chi connectivity index (χ4n) is 2.84. The van der Waals surface area contributed by atoms with E-state index in [-0.39, 0.29) is 0 Å². The molecule has 98 valence electrons. The highest BCUT2D eigenvalue weighted by Crippen LogP contribution is 2.35. The average Bonchev–Trinajstić information content (AvgIpc) is 2.98. The predicted octanol–water partition coefficient (Wildman–Crippen LogP) is 5.06. The van der Waals surface area contributed by atoms with Gasteiger partial charge in [0.25, 0.3) is 0 Å². The molecule has 0 amide bonds. The van der Waals surface area contributed by atoms with Gasteiger partial charge >= 0.3 is 0 Å². The summed E-state index contributed by atoms with van der Waals surface area (Å²) in [6.07, 6.45) is 1.91. The van der Waals surface area contributed by atoms with E-state index < -0.39 is 0 Å². The number of H-pyrrole nitrogens is 1. The number of fused-ring (bicyclic) bond motifs is 3. The Bertz CT molecular complexity index is 931. The van der Waals surface area contributed by atoms with Crippen LogP contribution in [0.15, 0.2) is 42.6 Å². The zero-order valence-electron chi connectivity index (χ0n) is 11.4. The molecular weight excluding hydrogens is 264 g/mol. The van der Waals surface area contributed by atoms with Crippen LogP contribution < -0.4 is 0 Å². The van der Waals surface area contributed by atoms with Gasteiger partial charge in [0.05, 0.1) is 11.2 Å². The molecule has 0 atom stereocenters. The number of pyridine rings is 1. The molecular formula is C17H14N2S. The highest BCUT2D eigenvalue weighted by molar-refractivity contribution is 7.12. The lowest BCUT2D eigenvalue weighted by Crippen LogP contribution is -1.84. The number of hydrogen-bond donors (Lipinski definition) is 1. The van der Waals surface area contributed by atoms with E-state index in [1.165, 1.54) is 31.6 Å². The van der Waals surface area contributed by atoms with Gasteiger partial charge in [-0.15, -0.1) is 11.3 Å². The third-order valence-electron chi connectivity index (χ3n) is 3.72. The van der Waals surface area contributed by atoms with Gasteiger partial charge in [-0.1, -0.05) is 18.2 Å². The van der Waals surface area contributed by atoms with E-state index in [9.17, 15) is 0 Å². The van der Waals surface area contributed by atoms with Crippen molar-refractivity contribution in [1.82, 2.24) is 9.97 Å². The average molecular weight is 278 g/mol. The van der Waals surface area contributed by atoms with Crippen LogP contribution >= 0.6 is 11.3 Å². The van der Waals surface area contributed by atoms with E-state index in [4.69, 9.17) is 0 Å². The Morgan fingerprint density at radius 2 is 1.90 bits per heavy atom. The van der Waals surface area contributed by atoms with Crippen molar-refractivity contribution in [3.63, 3.8) is 0 Å². The molecule has 1 N–H and O–H groups in total. The van der Waals surface area contributed by atoms with Crippen LogP contribution in [0.4, 0.5) is 0 Å². The van der Waals surface area contributed by atoms with Gasteiger partial charge in [-0.3, -0.25) is 4.98 Å². The molecule has 0 saturated carbocycles. The maximum atomic E-state index is 4.62. The third-order valence-corrected chi connectivity index (χ3v) is 4.69. The molecule has 0 unspecified atom stereocenters. The largest absolute Gasteiger partial charge is 0.353 e. The molecule has 0 fully saturated rings. The first-order valence-electron chi connectivity index (χ1n) is 6.67. The molecule has 4 rings (SSSR count). The first-order valence-corrected chi connectivity index (χ1v) is 7.48. The summed E-state index contributed by atoms with van der Waals surface area (Å²) in [5, 5.41) is 2.50. The number of rotatable bonds is 1. The van der Waals surface area contributed by atoms with E-state index in [1.807, 2.05) is 17.5 Å². The van der Waals surface area contributed by atoms with E-state index in [0.717, 1.165) is 11.2 Å². The van der Waals surface area contributed by atoms with Crippen LogP contribution in [-0.2, 0) is 0 Å².